The van der Waals surface area contributed by atoms with Gasteiger partial charge in [0.25, 0.3) is 0 Å². The molecule has 0 saturated carbocycles. The van der Waals surface area contributed by atoms with Crippen LogP contribution in [0.3, 0.4) is 0 Å². The van der Waals surface area contributed by atoms with Gasteiger partial charge >= 0.3 is 0 Å². The molecule has 2 aromatic carbocycles. The van der Waals surface area contributed by atoms with Gasteiger partial charge in [0.05, 0.1) is 6.04 Å². The molecule has 0 spiro atoms. The minimum absolute atomic E-state index is 0.00195. The van der Waals surface area contributed by atoms with E-state index in [2.05, 4.69) is 15.4 Å². The summed E-state index contributed by atoms with van der Waals surface area (Å²) in [5.74, 6) is 0.214. The molecule has 4 nitrogen and oxygen atoms in total. The van der Waals surface area contributed by atoms with Gasteiger partial charge in [0.2, 0.25) is 5.82 Å². The fraction of sp³-hybridized carbons (Fsp3) is 0.133. The van der Waals surface area contributed by atoms with Crippen molar-refractivity contribution >= 4 is 0 Å². The topological polar surface area (TPSA) is 43.6 Å². The van der Waals surface area contributed by atoms with E-state index in [1.165, 1.54) is 12.1 Å². The Balaban J connectivity index is 1.89. The maximum Gasteiger partial charge on any atom is 0.204 e. The normalized spacial score (nSPS) is 12.3. The van der Waals surface area contributed by atoms with E-state index in [0.29, 0.717) is 5.82 Å². The smallest absolute Gasteiger partial charge is 0.204 e. The first-order valence-electron chi connectivity index (χ1n) is 6.34. The van der Waals surface area contributed by atoms with Gasteiger partial charge in [-0.15, -0.1) is 10.2 Å². The van der Waals surface area contributed by atoms with Crippen molar-refractivity contribution in [2.45, 2.75) is 13.0 Å². The molecule has 1 unspecified atom stereocenters. The van der Waals surface area contributed by atoms with E-state index < -0.39 is 0 Å². The van der Waals surface area contributed by atoms with E-state index in [1.54, 1.807) is 16.9 Å². The minimum Gasteiger partial charge on any atom is -0.207 e. The molecule has 0 aliphatic carbocycles. The largest absolute Gasteiger partial charge is 0.207 e. The summed E-state index contributed by atoms with van der Waals surface area (Å²) < 4.78 is 12.9. The number of hydrogen-bond acceptors (Lipinski definition) is 3. The van der Waals surface area contributed by atoms with Crippen molar-refractivity contribution in [1.82, 2.24) is 20.2 Å². The maximum absolute atomic E-state index is 12.9. The molecule has 0 aliphatic heterocycles. The summed E-state index contributed by atoms with van der Waals surface area (Å²) in [5, 5.41) is 12.5. The lowest BCUT2D eigenvalue weighted by molar-refractivity contribution is 0.481. The Hall–Kier alpha value is -2.56. The molecular weight excluding hydrogens is 255 g/mol. The summed E-state index contributed by atoms with van der Waals surface area (Å²) in [5.41, 5.74) is 1.86. The van der Waals surface area contributed by atoms with E-state index in [0.717, 1.165) is 11.1 Å². The molecule has 1 heterocycles. The first-order chi connectivity index (χ1) is 9.74. The molecule has 0 amide bonds. The Morgan fingerprint density at radius 1 is 1.00 bits per heavy atom. The zero-order valence-electron chi connectivity index (χ0n) is 10.9. The summed E-state index contributed by atoms with van der Waals surface area (Å²) in [6.45, 7) is 2.01. The van der Waals surface area contributed by atoms with E-state index >= 15 is 0 Å². The molecule has 0 fully saturated rings. The monoisotopic (exact) mass is 268 g/mol. The first-order valence-corrected chi connectivity index (χ1v) is 6.34. The second-order valence-corrected chi connectivity index (χ2v) is 4.53. The van der Waals surface area contributed by atoms with Crippen molar-refractivity contribution in [3.63, 3.8) is 0 Å². The van der Waals surface area contributed by atoms with Crippen LogP contribution in [0.1, 0.15) is 18.5 Å². The summed E-state index contributed by atoms with van der Waals surface area (Å²) in [4.78, 5) is 1.56. The van der Waals surface area contributed by atoms with Gasteiger partial charge in [0.1, 0.15) is 5.82 Å². The van der Waals surface area contributed by atoms with Crippen LogP contribution in [0.2, 0.25) is 0 Å². The predicted octanol–water partition coefficient (Wildman–Crippen LogP) is 3.09. The Morgan fingerprint density at radius 2 is 1.70 bits per heavy atom. The van der Waals surface area contributed by atoms with E-state index in [9.17, 15) is 4.39 Å². The molecular formula is C15H13FN4. The van der Waals surface area contributed by atoms with Crippen LogP contribution < -0.4 is 0 Å². The van der Waals surface area contributed by atoms with Crippen LogP contribution in [0, 0.1) is 5.82 Å². The lowest BCUT2D eigenvalue weighted by atomic mass is 10.1. The average molecular weight is 268 g/mol. The molecule has 20 heavy (non-hydrogen) atoms. The van der Waals surface area contributed by atoms with E-state index in [-0.39, 0.29) is 11.9 Å². The second-order valence-electron chi connectivity index (χ2n) is 4.53. The number of rotatable bonds is 3. The summed E-state index contributed by atoms with van der Waals surface area (Å²) in [6.07, 6.45) is 0. The third-order valence-corrected chi connectivity index (χ3v) is 3.16. The summed E-state index contributed by atoms with van der Waals surface area (Å²) in [6, 6.07) is 16.0. The van der Waals surface area contributed by atoms with Crippen LogP contribution in [0.25, 0.3) is 11.4 Å². The lowest BCUT2D eigenvalue weighted by Crippen LogP contribution is -2.10. The van der Waals surface area contributed by atoms with Crippen LogP contribution in [0.15, 0.2) is 54.6 Å². The van der Waals surface area contributed by atoms with Crippen molar-refractivity contribution in [3.05, 3.63) is 66.0 Å². The van der Waals surface area contributed by atoms with Crippen LogP contribution in [-0.4, -0.2) is 20.2 Å². The van der Waals surface area contributed by atoms with Crippen molar-refractivity contribution in [2.24, 2.45) is 0 Å². The van der Waals surface area contributed by atoms with Gasteiger partial charge in [-0.25, -0.2) is 4.39 Å². The highest BCUT2D eigenvalue weighted by molar-refractivity contribution is 5.53. The van der Waals surface area contributed by atoms with E-state index in [1.807, 2.05) is 37.3 Å². The molecule has 0 saturated heterocycles. The molecule has 1 aromatic heterocycles. The molecule has 3 aromatic rings. The quantitative estimate of drug-likeness (QED) is 0.733. The Bertz CT molecular complexity index is 691. The molecule has 0 aliphatic rings. The Labute approximate surface area is 115 Å². The summed E-state index contributed by atoms with van der Waals surface area (Å²) in [7, 11) is 0. The zero-order valence-corrected chi connectivity index (χ0v) is 10.9. The molecule has 1 atom stereocenters. The Morgan fingerprint density at radius 3 is 2.40 bits per heavy atom. The molecule has 5 heteroatoms. The first kappa shape index (κ1) is 12.5. The van der Waals surface area contributed by atoms with Crippen LogP contribution in [0.5, 0.6) is 0 Å². The van der Waals surface area contributed by atoms with Crippen molar-refractivity contribution in [2.75, 3.05) is 0 Å². The van der Waals surface area contributed by atoms with Crippen LogP contribution >= 0.6 is 0 Å². The number of aromatic nitrogens is 4. The van der Waals surface area contributed by atoms with Gasteiger partial charge in [-0.05, 0) is 42.0 Å². The van der Waals surface area contributed by atoms with Crippen LogP contribution in [0.4, 0.5) is 4.39 Å². The second kappa shape index (κ2) is 5.21. The maximum atomic E-state index is 12.9. The van der Waals surface area contributed by atoms with Crippen molar-refractivity contribution in [1.29, 1.82) is 0 Å². The third kappa shape index (κ3) is 2.42. The average Bonchev–Trinajstić information content (AvgIpc) is 2.98. The molecule has 0 bridgehead atoms. The highest BCUT2D eigenvalue weighted by Crippen LogP contribution is 2.18. The SMILES string of the molecule is CC(c1ccccc1)n1nnc(-c2ccc(F)cc2)n1. The highest BCUT2D eigenvalue weighted by atomic mass is 19.1. The van der Waals surface area contributed by atoms with Crippen molar-refractivity contribution in [3.8, 4) is 11.4 Å². The van der Waals surface area contributed by atoms with E-state index in [4.69, 9.17) is 0 Å². The van der Waals surface area contributed by atoms with Gasteiger partial charge in [0, 0.05) is 5.56 Å². The number of nitrogens with zero attached hydrogens (tertiary/aromatic N) is 4. The van der Waals surface area contributed by atoms with Crippen LogP contribution in [-0.2, 0) is 0 Å². The third-order valence-electron chi connectivity index (χ3n) is 3.16. The number of halogens is 1. The predicted molar refractivity (Wildman–Crippen MR) is 73.5 cm³/mol. The summed E-state index contributed by atoms with van der Waals surface area (Å²) >= 11 is 0. The molecule has 100 valence electrons. The fourth-order valence-electron chi connectivity index (χ4n) is 1.97. The highest BCUT2D eigenvalue weighted by Gasteiger charge is 2.12. The van der Waals surface area contributed by atoms with Gasteiger partial charge in [-0.2, -0.15) is 4.80 Å². The molecule has 0 N–H and O–H groups in total. The van der Waals surface area contributed by atoms with Gasteiger partial charge in [-0.1, -0.05) is 30.3 Å². The molecule has 0 radical (unpaired) electrons. The number of hydrogen-bond donors (Lipinski definition) is 0. The zero-order chi connectivity index (χ0) is 13.9. The van der Waals surface area contributed by atoms with Gasteiger partial charge < -0.3 is 0 Å². The Kier molecular flexibility index (Phi) is 3.25. The van der Waals surface area contributed by atoms with Crippen molar-refractivity contribution < 1.29 is 4.39 Å². The minimum atomic E-state index is -0.279. The van der Waals surface area contributed by atoms with Gasteiger partial charge in [0.15, 0.2) is 0 Å². The van der Waals surface area contributed by atoms with Gasteiger partial charge in [-0.3, -0.25) is 0 Å². The molecule has 3 rings (SSSR count). The number of benzene rings is 2. The standard InChI is InChI=1S/C15H13FN4/c1-11(12-5-3-2-4-6-12)20-18-15(17-19-20)13-7-9-14(16)10-8-13/h2-11H,1H3. The number of tetrazole rings is 1. The lowest BCUT2D eigenvalue weighted by Gasteiger charge is -2.09. The fourth-order valence-corrected chi connectivity index (χ4v) is 1.97.